The molecule has 0 amide bonds. The molecule has 1 rings (SSSR count). The number of hydrogen-bond acceptors (Lipinski definition) is 1. The van der Waals surface area contributed by atoms with E-state index >= 15 is 0 Å². The highest BCUT2D eigenvalue weighted by Crippen LogP contribution is 2.22. The zero-order valence-electron chi connectivity index (χ0n) is 11.2. The van der Waals surface area contributed by atoms with Crippen LogP contribution in [0, 0.1) is 5.41 Å². The second-order valence-corrected chi connectivity index (χ2v) is 5.31. The molecule has 1 nitrogen and oxygen atoms in total. The van der Waals surface area contributed by atoms with E-state index in [1.807, 2.05) is 0 Å². The maximum Gasteiger partial charge on any atom is 0.0233 e. The monoisotopic (exact) mass is 219 g/mol. The van der Waals surface area contributed by atoms with E-state index in [4.69, 9.17) is 0 Å². The number of rotatable bonds is 6. The van der Waals surface area contributed by atoms with Gasteiger partial charge < -0.3 is 0 Å². The van der Waals surface area contributed by atoms with Gasteiger partial charge in [0.05, 0.1) is 0 Å². The van der Waals surface area contributed by atoms with E-state index in [9.17, 15) is 0 Å². The molecule has 0 radical (unpaired) electrons. The Morgan fingerprint density at radius 3 is 2.19 bits per heavy atom. The van der Waals surface area contributed by atoms with Crippen LogP contribution < -0.4 is 0 Å². The average Bonchev–Trinajstić information content (AvgIpc) is 2.29. The molecule has 1 aromatic rings. The minimum atomic E-state index is 0.421. The summed E-state index contributed by atoms with van der Waals surface area (Å²) in [6.07, 6.45) is 1.23. The van der Waals surface area contributed by atoms with Crippen molar-refractivity contribution in [3.63, 3.8) is 0 Å². The first-order valence-electron chi connectivity index (χ1n) is 6.33. The Hall–Kier alpha value is -0.820. The van der Waals surface area contributed by atoms with Gasteiger partial charge in [-0.1, -0.05) is 58.0 Å². The molecule has 0 N–H and O–H groups in total. The Bertz CT molecular complexity index is 290. The van der Waals surface area contributed by atoms with Gasteiger partial charge in [-0.3, -0.25) is 4.90 Å². The zero-order chi connectivity index (χ0) is 12.0. The van der Waals surface area contributed by atoms with Gasteiger partial charge in [0, 0.05) is 13.1 Å². The third-order valence-corrected chi connectivity index (χ3v) is 3.30. The third kappa shape index (κ3) is 4.36. The summed E-state index contributed by atoms with van der Waals surface area (Å²) in [4.78, 5) is 2.53. The molecule has 0 aromatic heterocycles. The normalized spacial score (nSPS) is 12.1. The highest BCUT2D eigenvalue weighted by molar-refractivity contribution is 5.14. The van der Waals surface area contributed by atoms with Crippen LogP contribution in [-0.2, 0) is 6.54 Å². The van der Waals surface area contributed by atoms with E-state index in [1.54, 1.807) is 0 Å². The molecule has 16 heavy (non-hydrogen) atoms. The van der Waals surface area contributed by atoms with Gasteiger partial charge in [-0.25, -0.2) is 0 Å². The molecule has 0 spiro atoms. The van der Waals surface area contributed by atoms with E-state index < -0.39 is 0 Å². The third-order valence-electron chi connectivity index (χ3n) is 3.30. The van der Waals surface area contributed by atoms with E-state index in [2.05, 4.69) is 62.9 Å². The van der Waals surface area contributed by atoms with E-state index in [0.29, 0.717) is 5.41 Å². The molecule has 0 atom stereocenters. The molecule has 0 saturated heterocycles. The Morgan fingerprint density at radius 1 is 1.06 bits per heavy atom. The molecule has 0 unspecified atom stereocenters. The van der Waals surface area contributed by atoms with E-state index in [0.717, 1.165) is 13.1 Å². The van der Waals surface area contributed by atoms with Crippen LogP contribution in [0.2, 0.25) is 0 Å². The van der Waals surface area contributed by atoms with Crippen molar-refractivity contribution in [1.82, 2.24) is 4.90 Å². The summed E-state index contributed by atoms with van der Waals surface area (Å²) < 4.78 is 0. The second kappa shape index (κ2) is 6.05. The predicted molar refractivity (Wildman–Crippen MR) is 71.5 cm³/mol. The predicted octanol–water partition coefficient (Wildman–Crippen LogP) is 3.94. The van der Waals surface area contributed by atoms with Crippen molar-refractivity contribution in [2.45, 2.75) is 40.7 Å². The zero-order valence-corrected chi connectivity index (χ0v) is 11.2. The van der Waals surface area contributed by atoms with Crippen LogP contribution >= 0.6 is 0 Å². The van der Waals surface area contributed by atoms with Crippen molar-refractivity contribution in [3.8, 4) is 0 Å². The molecule has 0 aliphatic heterocycles. The molecule has 0 bridgehead atoms. The topological polar surface area (TPSA) is 3.24 Å². The molecule has 1 aromatic carbocycles. The van der Waals surface area contributed by atoms with Crippen LogP contribution in [0.1, 0.15) is 39.7 Å². The molecule has 0 aliphatic rings. The fourth-order valence-corrected chi connectivity index (χ4v) is 1.84. The molecule has 0 fully saturated rings. The first kappa shape index (κ1) is 13.2. The quantitative estimate of drug-likeness (QED) is 0.700. The molecule has 0 aliphatic carbocycles. The smallest absolute Gasteiger partial charge is 0.0233 e. The largest absolute Gasteiger partial charge is 0.299 e. The van der Waals surface area contributed by atoms with Crippen molar-refractivity contribution in [2.75, 3.05) is 13.1 Å². The summed E-state index contributed by atoms with van der Waals surface area (Å²) >= 11 is 0. The Kier molecular flexibility index (Phi) is 5.01. The first-order valence-corrected chi connectivity index (χ1v) is 6.33. The summed E-state index contributed by atoms with van der Waals surface area (Å²) in [7, 11) is 0. The number of hydrogen-bond donors (Lipinski definition) is 0. The van der Waals surface area contributed by atoms with E-state index in [1.165, 1.54) is 18.5 Å². The standard InChI is InChI=1S/C15H25N/c1-5-15(3,4)13-16(6-2)12-14-10-8-7-9-11-14/h7-11H,5-6,12-13H2,1-4H3. The fraction of sp³-hybridized carbons (Fsp3) is 0.600. The molecule has 1 heteroatoms. The van der Waals surface area contributed by atoms with Crippen LogP contribution in [0.4, 0.5) is 0 Å². The summed E-state index contributed by atoms with van der Waals surface area (Å²) in [6.45, 7) is 12.6. The van der Waals surface area contributed by atoms with Gasteiger partial charge in [0.2, 0.25) is 0 Å². The Labute approximate surface area is 100 Å². The van der Waals surface area contributed by atoms with Crippen molar-refractivity contribution < 1.29 is 0 Å². The lowest BCUT2D eigenvalue weighted by atomic mass is 9.89. The van der Waals surface area contributed by atoms with Gasteiger partial charge in [0.25, 0.3) is 0 Å². The van der Waals surface area contributed by atoms with Crippen LogP contribution in [0.15, 0.2) is 30.3 Å². The maximum absolute atomic E-state index is 2.53. The molecule has 0 saturated carbocycles. The summed E-state index contributed by atoms with van der Waals surface area (Å²) in [5.41, 5.74) is 1.83. The van der Waals surface area contributed by atoms with Crippen molar-refractivity contribution >= 4 is 0 Å². The van der Waals surface area contributed by atoms with Gasteiger partial charge in [-0.05, 0) is 23.9 Å². The fourth-order valence-electron chi connectivity index (χ4n) is 1.84. The summed E-state index contributed by atoms with van der Waals surface area (Å²) in [5, 5.41) is 0. The summed E-state index contributed by atoms with van der Waals surface area (Å²) in [5.74, 6) is 0. The highest BCUT2D eigenvalue weighted by atomic mass is 15.1. The van der Waals surface area contributed by atoms with Gasteiger partial charge in [-0.15, -0.1) is 0 Å². The average molecular weight is 219 g/mol. The maximum atomic E-state index is 2.53. The SMILES string of the molecule is CCN(Cc1ccccc1)CC(C)(C)CC. The first-order chi connectivity index (χ1) is 7.57. The lowest BCUT2D eigenvalue weighted by Gasteiger charge is -2.31. The van der Waals surface area contributed by atoms with Crippen LogP contribution in [0.3, 0.4) is 0 Å². The molecule has 0 heterocycles. The van der Waals surface area contributed by atoms with Gasteiger partial charge >= 0.3 is 0 Å². The number of nitrogens with zero attached hydrogens (tertiary/aromatic N) is 1. The second-order valence-electron chi connectivity index (χ2n) is 5.31. The van der Waals surface area contributed by atoms with Crippen LogP contribution in [-0.4, -0.2) is 18.0 Å². The lowest BCUT2D eigenvalue weighted by molar-refractivity contribution is 0.173. The minimum Gasteiger partial charge on any atom is -0.299 e. The number of benzene rings is 1. The minimum absolute atomic E-state index is 0.421. The molecule has 90 valence electrons. The van der Waals surface area contributed by atoms with Crippen molar-refractivity contribution in [1.29, 1.82) is 0 Å². The van der Waals surface area contributed by atoms with Crippen molar-refractivity contribution in [3.05, 3.63) is 35.9 Å². The molecular weight excluding hydrogens is 194 g/mol. The highest BCUT2D eigenvalue weighted by Gasteiger charge is 2.18. The van der Waals surface area contributed by atoms with Gasteiger partial charge in [0.1, 0.15) is 0 Å². The van der Waals surface area contributed by atoms with Gasteiger partial charge in [0.15, 0.2) is 0 Å². The van der Waals surface area contributed by atoms with Crippen LogP contribution in [0.25, 0.3) is 0 Å². The summed E-state index contributed by atoms with van der Waals surface area (Å²) in [6, 6.07) is 10.7. The van der Waals surface area contributed by atoms with Crippen molar-refractivity contribution in [2.24, 2.45) is 5.41 Å². The Balaban J connectivity index is 2.56. The van der Waals surface area contributed by atoms with Crippen LogP contribution in [0.5, 0.6) is 0 Å². The molecular formula is C15H25N. The Morgan fingerprint density at radius 2 is 1.69 bits per heavy atom. The van der Waals surface area contributed by atoms with Gasteiger partial charge in [-0.2, -0.15) is 0 Å². The van der Waals surface area contributed by atoms with E-state index in [-0.39, 0.29) is 0 Å². The lowest BCUT2D eigenvalue weighted by Crippen LogP contribution is -2.33.